The SMILES string of the molecule is COc1cccc(C(=O)NN=Cc2cccc(C)n2)c1. The number of hydrogen-bond acceptors (Lipinski definition) is 4. The van der Waals surface area contributed by atoms with Crippen LogP contribution in [0.3, 0.4) is 0 Å². The molecule has 1 aromatic heterocycles. The molecule has 0 bridgehead atoms. The van der Waals surface area contributed by atoms with Crippen molar-refractivity contribution >= 4 is 12.1 Å². The standard InChI is InChI=1S/C15H15N3O2/c1-11-5-3-7-13(17-11)10-16-18-15(19)12-6-4-8-14(9-12)20-2/h3-10H,1-2H3,(H,18,19). The van der Waals surface area contributed by atoms with E-state index in [1.165, 1.54) is 6.21 Å². The zero-order valence-corrected chi connectivity index (χ0v) is 11.3. The van der Waals surface area contributed by atoms with E-state index in [0.717, 1.165) is 5.69 Å². The largest absolute Gasteiger partial charge is 0.497 e. The lowest BCUT2D eigenvalue weighted by Gasteiger charge is -2.02. The minimum atomic E-state index is -0.298. The van der Waals surface area contributed by atoms with Crippen LogP contribution in [0, 0.1) is 6.92 Å². The molecule has 0 saturated carbocycles. The highest BCUT2D eigenvalue weighted by Gasteiger charge is 2.04. The number of amides is 1. The van der Waals surface area contributed by atoms with Gasteiger partial charge < -0.3 is 4.74 Å². The quantitative estimate of drug-likeness (QED) is 0.683. The van der Waals surface area contributed by atoms with Crippen LogP contribution < -0.4 is 10.2 Å². The summed E-state index contributed by atoms with van der Waals surface area (Å²) in [5.41, 5.74) is 4.53. The molecule has 1 N–H and O–H groups in total. The van der Waals surface area contributed by atoms with Crippen molar-refractivity contribution in [2.75, 3.05) is 7.11 Å². The first-order valence-corrected chi connectivity index (χ1v) is 6.10. The summed E-state index contributed by atoms with van der Waals surface area (Å²) < 4.78 is 5.06. The van der Waals surface area contributed by atoms with Crippen LogP contribution in [0.1, 0.15) is 21.7 Å². The first kappa shape index (κ1) is 13.7. The molecule has 0 aliphatic rings. The van der Waals surface area contributed by atoms with E-state index in [4.69, 9.17) is 4.74 Å². The summed E-state index contributed by atoms with van der Waals surface area (Å²) in [5, 5.41) is 3.89. The Bertz CT molecular complexity index is 639. The molecule has 20 heavy (non-hydrogen) atoms. The molecule has 1 amide bonds. The first-order valence-electron chi connectivity index (χ1n) is 6.10. The maximum Gasteiger partial charge on any atom is 0.271 e. The topological polar surface area (TPSA) is 63.6 Å². The Balaban J connectivity index is 2.01. The van der Waals surface area contributed by atoms with Crippen molar-refractivity contribution in [1.82, 2.24) is 10.4 Å². The number of aromatic nitrogens is 1. The van der Waals surface area contributed by atoms with Gasteiger partial charge in [-0.3, -0.25) is 9.78 Å². The number of rotatable bonds is 4. The third-order valence-corrected chi connectivity index (χ3v) is 2.60. The van der Waals surface area contributed by atoms with Crippen LogP contribution in [-0.4, -0.2) is 24.2 Å². The van der Waals surface area contributed by atoms with E-state index in [1.54, 1.807) is 31.4 Å². The van der Waals surface area contributed by atoms with Gasteiger partial charge in [-0.15, -0.1) is 0 Å². The van der Waals surface area contributed by atoms with Crippen molar-refractivity contribution in [3.63, 3.8) is 0 Å². The number of nitrogens with zero attached hydrogens (tertiary/aromatic N) is 2. The molecular weight excluding hydrogens is 254 g/mol. The molecular formula is C15H15N3O2. The third kappa shape index (κ3) is 3.65. The van der Waals surface area contributed by atoms with Crippen LogP contribution in [-0.2, 0) is 0 Å². The molecule has 0 fully saturated rings. The van der Waals surface area contributed by atoms with Gasteiger partial charge in [-0.1, -0.05) is 12.1 Å². The average molecular weight is 269 g/mol. The van der Waals surface area contributed by atoms with Gasteiger partial charge in [0.2, 0.25) is 0 Å². The molecule has 0 unspecified atom stereocenters. The van der Waals surface area contributed by atoms with Gasteiger partial charge in [0.15, 0.2) is 0 Å². The number of hydrazone groups is 1. The number of hydrogen-bond donors (Lipinski definition) is 1. The van der Waals surface area contributed by atoms with Crippen LogP contribution in [0.5, 0.6) is 5.75 Å². The lowest BCUT2D eigenvalue weighted by molar-refractivity contribution is 0.0955. The number of ether oxygens (including phenoxy) is 1. The Morgan fingerprint density at radius 2 is 2.10 bits per heavy atom. The average Bonchev–Trinajstić information content (AvgIpc) is 2.47. The summed E-state index contributed by atoms with van der Waals surface area (Å²) in [4.78, 5) is 16.1. The number of carbonyl (C=O) groups excluding carboxylic acids is 1. The van der Waals surface area contributed by atoms with Crippen LogP contribution >= 0.6 is 0 Å². The maximum atomic E-state index is 11.9. The van der Waals surface area contributed by atoms with Crippen molar-refractivity contribution in [2.24, 2.45) is 5.10 Å². The number of pyridine rings is 1. The number of nitrogens with one attached hydrogen (secondary N) is 1. The summed E-state index contributed by atoms with van der Waals surface area (Å²) >= 11 is 0. The fraction of sp³-hybridized carbons (Fsp3) is 0.133. The molecule has 2 aromatic rings. The number of benzene rings is 1. The second-order valence-corrected chi connectivity index (χ2v) is 4.13. The van der Waals surface area contributed by atoms with Gasteiger partial charge >= 0.3 is 0 Å². The van der Waals surface area contributed by atoms with Crippen molar-refractivity contribution in [2.45, 2.75) is 6.92 Å². The predicted octanol–water partition coefficient (Wildman–Crippen LogP) is 2.16. The van der Waals surface area contributed by atoms with E-state index in [-0.39, 0.29) is 5.91 Å². The maximum absolute atomic E-state index is 11.9. The van der Waals surface area contributed by atoms with E-state index >= 15 is 0 Å². The Hall–Kier alpha value is -2.69. The normalized spacial score (nSPS) is 10.5. The summed E-state index contributed by atoms with van der Waals surface area (Å²) in [6.45, 7) is 1.90. The van der Waals surface area contributed by atoms with Crippen LogP contribution in [0.4, 0.5) is 0 Å². The van der Waals surface area contributed by atoms with Gasteiger partial charge in [0.05, 0.1) is 19.0 Å². The van der Waals surface area contributed by atoms with Gasteiger partial charge in [0.1, 0.15) is 5.75 Å². The summed E-state index contributed by atoms with van der Waals surface area (Å²) in [6.07, 6.45) is 1.51. The van der Waals surface area contributed by atoms with Gasteiger partial charge in [-0.25, -0.2) is 5.43 Å². The molecule has 1 aromatic carbocycles. The molecule has 0 spiro atoms. The van der Waals surface area contributed by atoms with E-state index in [1.807, 2.05) is 25.1 Å². The predicted molar refractivity (Wildman–Crippen MR) is 77.0 cm³/mol. The molecule has 102 valence electrons. The van der Waals surface area contributed by atoms with Crippen LogP contribution in [0.2, 0.25) is 0 Å². The van der Waals surface area contributed by atoms with E-state index < -0.39 is 0 Å². The zero-order valence-electron chi connectivity index (χ0n) is 11.3. The fourth-order valence-electron chi connectivity index (χ4n) is 1.62. The van der Waals surface area contributed by atoms with Crippen molar-refractivity contribution in [1.29, 1.82) is 0 Å². The second-order valence-electron chi connectivity index (χ2n) is 4.13. The highest BCUT2D eigenvalue weighted by Crippen LogP contribution is 2.12. The Morgan fingerprint density at radius 1 is 1.30 bits per heavy atom. The first-order chi connectivity index (χ1) is 9.69. The summed E-state index contributed by atoms with van der Waals surface area (Å²) in [5.74, 6) is 0.329. The van der Waals surface area contributed by atoms with Gasteiger partial charge in [-0.2, -0.15) is 5.10 Å². The number of methoxy groups -OCH3 is 1. The van der Waals surface area contributed by atoms with E-state index in [9.17, 15) is 4.79 Å². The van der Waals surface area contributed by atoms with Crippen LogP contribution in [0.25, 0.3) is 0 Å². The molecule has 0 aliphatic carbocycles. The molecule has 0 radical (unpaired) electrons. The molecule has 2 rings (SSSR count). The third-order valence-electron chi connectivity index (χ3n) is 2.60. The highest BCUT2D eigenvalue weighted by molar-refractivity contribution is 5.95. The van der Waals surface area contributed by atoms with Crippen LogP contribution in [0.15, 0.2) is 47.6 Å². The minimum Gasteiger partial charge on any atom is -0.497 e. The van der Waals surface area contributed by atoms with Gasteiger partial charge in [0.25, 0.3) is 5.91 Å². The van der Waals surface area contributed by atoms with Crippen molar-refractivity contribution in [3.05, 3.63) is 59.4 Å². The second kappa shape index (κ2) is 6.47. The molecule has 0 saturated heterocycles. The molecule has 0 atom stereocenters. The Kier molecular flexibility index (Phi) is 4.44. The highest BCUT2D eigenvalue weighted by atomic mass is 16.5. The van der Waals surface area contributed by atoms with Crippen molar-refractivity contribution in [3.8, 4) is 5.75 Å². The summed E-state index contributed by atoms with van der Waals surface area (Å²) in [7, 11) is 1.55. The zero-order chi connectivity index (χ0) is 14.4. The molecule has 0 aliphatic heterocycles. The van der Waals surface area contributed by atoms with E-state index in [0.29, 0.717) is 17.0 Å². The van der Waals surface area contributed by atoms with Gasteiger partial charge in [-0.05, 0) is 37.3 Å². The minimum absolute atomic E-state index is 0.298. The molecule has 5 heteroatoms. The Morgan fingerprint density at radius 3 is 2.85 bits per heavy atom. The monoisotopic (exact) mass is 269 g/mol. The lowest BCUT2D eigenvalue weighted by Crippen LogP contribution is -2.17. The molecule has 1 heterocycles. The fourth-order valence-corrected chi connectivity index (χ4v) is 1.62. The smallest absolute Gasteiger partial charge is 0.271 e. The number of carbonyl (C=O) groups is 1. The van der Waals surface area contributed by atoms with E-state index in [2.05, 4.69) is 15.5 Å². The molecule has 5 nitrogen and oxygen atoms in total. The summed E-state index contributed by atoms with van der Waals surface area (Å²) in [6, 6.07) is 12.5. The lowest BCUT2D eigenvalue weighted by atomic mass is 10.2. The van der Waals surface area contributed by atoms with Gasteiger partial charge in [0, 0.05) is 11.3 Å². The number of aryl methyl sites for hydroxylation is 1. The Labute approximate surface area is 117 Å². The van der Waals surface area contributed by atoms with Crippen molar-refractivity contribution < 1.29 is 9.53 Å².